The van der Waals surface area contributed by atoms with Crippen LogP contribution in [0.2, 0.25) is 5.02 Å². The predicted octanol–water partition coefficient (Wildman–Crippen LogP) is 4.69. The monoisotopic (exact) mass is 373 g/mol. The number of hydrogen-bond donors (Lipinski definition) is 0. The van der Waals surface area contributed by atoms with Crippen LogP contribution < -0.4 is 9.54 Å². The van der Waals surface area contributed by atoms with Gasteiger partial charge in [0.2, 0.25) is 4.80 Å². The van der Waals surface area contributed by atoms with Crippen LogP contribution in [-0.2, 0) is 13.1 Å². The van der Waals surface area contributed by atoms with Gasteiger partial charge in [-0.3, -0.25) is 9.36 Å². The maximum Gasteiger partial charge on any atom is 0.207 e. The molecule has 2 heterocycles. The van der Waals surface area contributed by atoms with Crippen LogP contribution in [0.15, 0.2) is 17.1 Å². The molecule has 3 rings (SSSR count). The number of benzene rings is 1. The van der Waals surface area contributed by atoms with Gasteiger partial charge in [0.15, 0.2) is 9.77 Å². The Labute approximate surface area is 147 Å². The molecule has 0 saturated heterocycles. The van der Waals surface area contributed by atoms with E-state index in [1.54, 1.807) is 6.07 Å². The molecule has 0 bridgehead atoms. The lowest BCUT2D eigenvalue weighted by Gasteiger charge is -2.16. The third-order valence-corrected chi connectivity index (χ3v) is 5.10. The van der Waals surface area contributed by atoms with Crippen LogP contribution >= 0.6 is 35.2 Å². The van der Waals surface area contributed by atoms with Crippen molar-refractivity contribution in [1.29, 1.82) is 0 Å². The normalized spacial score (nSPS) is 15.1. The number of aromatic nitrogens is 2. The average molecular weight is 374 g/mol. The van der Waals surface area contributed by atoms with E-state index in [1.807, 2.05) is 23.2 Å². The summed E-state index contributed by atoms with van der Waals surface area (Å²) in [6, 6.07) is 2.78. The van der Waals surface area contributed by atoms with Crippen molar-refractivity contribution in [3.05, 3.63) is 31.7 Å². The lowest BCUT2D eigenvalue weighted by atomic mass is 10.3. The van der Waals surface area contributed by atoms with Gasteiger partial charge in [-0.1, -0.05) is 22.9 Å². The summed E-state index contributed by atoms with van der Waals surface area (Å²) in [7, 11) is 0. The zero-order valence-electron chi connectivity index (χ0n) is 12.9. The van der Waals surface area contributed by atoms with Crippen LogP contribution in [-0.4, -0.2) is 15.5 Å². The van der Waals surface area contributed by atoms with Crippen LogP contribution in [0.3, 0.4) is 0 Å². The van der Waals surface area contributed by atoms with Gasteiger partial charge >= 0.3 is 0 Å². The van der Waals surface area contributed by atoms with Crippen molar-refractivity contribution in [2.24, 2.45) is 4.99 Å². The number of ether oxygens (including phenoxy) is 1. The molecule has 0 N–H and O–H groups in total. The molecule has 0 saturated carbocycles. The first-order valence-corrected chi connectivity index (χ1v) is 9.07. The Hall–Kier alpha value is -1.18. The fourth-order valence-corrected chi connectivity index (χ4v) is 3.97. The Bertz CT molecular complexity index is 853. The van der Waals surface area contributed by atoms with E-state index in [1.165, 1.54) is 17.4 Å². The number of rotatable bonds is 3. The molecule has 0 aliphatic carbocycles. The molecule has 1 aromatic carbocycles. The highest BCUT2D eigenvalue weighted by atomic mass is 35.5. The third kappa shape index (κ3) is 3.51. The molecule has 1 aromatic heterocycles. The van der Waals surface area contributed by atoms with E-state index in [0.29, 0.717) is 10.6 Å². The van der Waals surface area contributed by atoms with Gasteiger partial charge in [0.1, 0.15) is 11.4 Å². The number of nitrogens with zero attached hydrogens (tertiary/aromatic N) is 3. The fourth-order valence-electron chi connectivity index (χ4n) is 2.47. The molecule has 2 aromatic rings. The van der Waals surface area contributed by atoms with Gasteiger partial charge in [-0.25, -0.2) is 9.38 Å². The van der Waals surface area contributed by atoms with Crippen LogP contribution in [0, 0.1) is 9.77 Å². The molecule has 0 atom stereocenters. The molecular weight excluding hydrogens is 357 g/mol. The van der Waals surface area contributed by atoms with E-state index in [-0.39, 0.29) is 16.8 Å². The molecule has 0 fully saturated rings. The van der Waals surface area contributed by atoms with Crippen molar-refractivity contribution in [1.82, 2.24) is 9.36 Å². The van der Waals surface area contributed by atoms with E-state index in [2.05, 4.69) is 4.99 Å². The predicted molar refractivity (Wildman–Crippen MR) is 92.8 cm³/mol. The SMILES string of the molecule is CC(C)Oc1cc(N=c2sc(=S)n3n2CCCC3)c(F)cc1Cl. The van der Waals surface area contributed by atoms with Gasteiger partial charge in [0.25, 0.3) is 0 Å². The molecule has 0 spiro atoms. The summed E-state index contributed by atoms with van der Waals surface area (Å²) in [5.74, 6) is -0.0379. The fraction of sp³-hybridized carbons (Fsp3) is 0.467. The van der Waals surface area contributed by atoms with Crippen molar-refractivity contribution in [2.45, 2.75) is 45.9 Å². The summed E-state index contributed by atoms with van der Waals surface area (Å²) in [5.41, 5.74) is 0.211. The number of fused-ring (bicyclic) bond motifs is 1. The van der Waals surface area contributed by atoms with E-state index in [9.17, 15) is 4.39 Å². The molecule has 8 heteroatoms. The average Bonchev–Trinajstić information content (AvgIpc) is 2.81. The Morgan fingerprint density at radius 3 is 2.70 bits per heavy atom. The molecule has 4 nitrogen and oxygen atoms in total. The van der Waals surface area contributed by atoms with Crippen molar-refractivity contribution in [3.8, 4) is 5.75 Å². The molecule has 0 amide bonds. The van der Waals surface area contributed by atoms with Crippen LogP contribution in [0.4, 0.5) is 10.1 Å². The van der Waals surface area contributed by atoms with Gasteiger partial charge in [0.05, 0.1) is 11.1 Å². The van der Waals surface area contributed by atoms with Crippen LogP contribution in [0.1, 0.15) is 26.7 Å². The number of hydrogen-bond acceptors (Lipinski definition) is 4. The zero-order chi connectivity index (χ0) is 16.6. The van der Waals surface area contributed by atoms with Crippen molar-refractivity contribution in [2.75, 3.05) is 0 Å². The summed E-state index contributed by atoms with van der Waals surface area (Å²) in [4.78, 5) is 5.16. The summed E-state index contributed by atoms with van der Waals surface area (Å²) in [5, 5.41) is 0.245. The second-order valence-corrected chi connectivity index (χ2v) is 7.62. The molecule has 0 unspecified atom stereocenters. The highest BCUT2D eigenvalue weighted by molar-refractivity contribution is 7.73. The van der Waals surface area contributed by atoms with Crippen molar-refractivity contribution >= 4 is 40.8 Å². The van der Waals surface area contributed by atoms with Gasteiger partial charge in [0, 0.05) is 19.2 Å². The van der Waals surface area contributed by atoms with Crippen molar-refractivity contribution in [3.63, 3.8) is 0 Å². The largest absolute Gasteiger partial charge is 0.489 e. The minimum atomic E-state index is -0.472. The van der Waals surface area contributed by atoms with Crippen LogP contribution in [0.5, 0.6) is 5.75 Å². The van der Waals surface area contributed by atoms with Gasteiger partial charge in [-0.15, -0.1) is 0 Å². The molecule has 124 valence electrons. The van der Waals surface area contributed by atoms with E-state index in [0.717, 1.165) is 29.9 Å². The molecule has 0 radical (unpaired) electrons. The first-order chi connectivity index (χ1) is 11.0. The molecule has 1 aliphatic heterocycles. The summed E-state index contributed by atoms with van der Waals surface area (Å²) >= 11 is 12.8. The summed E-state index contributed by atoms with van der Waals surface area (Å²) in [6.45, 7) is 5.51. The maximum atomic E-state index is 14.2. The molecule has 23 heavy (non-hydrogen) atoms. The lowest BCUT2D eigenvalue weighted by molar-refractivity contribution is 0.242. The summed E-state index contributed by atoms with van der Waals surface area (Å²) in [6.07, 6.45) is 2.12. The Kier molecular flexibility index (Phi) is 4.89. The topological polar surface area (TPSA) is 31.4 Å². The Morgan fingerprint density at radius 1 is 1.30 bits per heavy atom. The number of halogens is 2. The lowest BCUT2D eigenvalue weighted by Crippen LogP contribution is -2.27. The van der Waals surface area contributed by atoms with E-state index in [4.69, 9.17) is 28.6 Å². The zero-order valence-corrected chi connectivity index (χ0v) is 15.3. The smallest absolute Gasteiger partial charge is 0.207 e. The maximum absolute atomic E-state index is 14.2. The highest BCUT2D eigenvalue weighted by Gasteiger charge is 2.14. The Balaban J connectivity index is 2.11. The van der Waals surface area contributed by atoms with Gasteiger partial charge in [-0.05, 0) is 45.0 Å². The molecular formula is C15H17ClFN3OS2. The standard InChI is InChI=1S/C15H17ClFN3OS2/c1-9(2)21-13-8-12(11(17)7-10(13)16)18-14-19-5-3-4-6-20(19)15(22)23-14/h7-9H,3-6H2,1-2H3. The quantitative estimate of drug-likeness (QED) is 0.731. The minimum Gasteiger partial charge on any atom is -0.489 e. The van der Waals surface area contributed by atoms with E-state index >= 15 is 0 Å². The van der Waals surface area contributed by atoms with Gasteiger partial charge < -0.3 is 4.74 Å². The van der Waals surface area contributed by atoms with Crippen molar-refractivity contribution < 1.29 is 9.13 Å². The summed E-state index contributed by atoms with van der Waals surface area (Å²) < 4.78 is 24.6. The van der Waals surface area contributed by atoms with E-state index < -0.39 is 5.82 Å². The first kappa shape index (κ1) is 16.7. The Morgan fingerprint density at radius 2 is 2.00 bits per heavy atom. The molecule has 1 aliphatic rings. The second-order valence-electron chi connectivity index (χ2n) is 5.62. The minimum absolute atomic E-state index is 0.0514. The second kappa shape index (κ2) is 6.75. The van der Waals surface area contributed by atoms with Crippen LogP contribution in [0.25, 0.3) is 0 Å². The first-order valence-electron chi connectivity index (χ1n) is 7.47. The highest BCUT2D eigenvalue weighted by Crippen LogP contribution is 2.32. The van der Waals surface area contributed by atoms with Gasteiger partial charge in [-0.2, -0.15) is 0 Å². The third-order valence-electron chi connectivity index (χ3n) is 3.47.